The van der Waals surface area contributed by atoms with Crippen LogP contribution in [0.2, 0.25) is 0 Å². The molecule has 3 aromatic rings. The number of hydrogen-bond acceptors (Lipinski definition) is 7. The molecule has 16 heteroatoms. The van der Waals surface area contributed by atoms with Gasteiger partial charge in [-0.15, -0.1) is 0 Å². The van der Waals surface area contributed by atoms with Crippen LogP contribution in [0.3, 0.4) is 0 Å². The molecule has 3 amide bonds. The maximum atomic E-state index is 13.2. The van der Waals surface area contributed by atoms with Crippen molar-refractivity contribution in [2.75, 3.05) is 13.1 Å². The summed E-state index contributed by atoms with van der Waals surface area (Å²) in [6.07, 6.45) is -8.42. The Kier molecular flexibility index (Phi) is 7.45. The van der Waals surface area contributed by atoms with Crippen molar-refractivity contribution in [1.82, 2.24) is 30.0 Å². The van der Waals surface area contributed by atoms with E-state index < -0.39 is 64.9 Å². The minimum absolute atomic E-state index is 0.0566. The Hall–Kier alpha value is -4.63. The topological polar surface area (TPSA) is 127 Å². The van der Waals surface area contributed by atoms with E-state index in [0.717, 1.165) is 17.4 Å². The van der Waals surface area contributed by atoms with Gasteiger partial charge in [0, 0.05) is 24.1 Å². The molecule has 0 radical (unpaired) electrons. The van der Waals surface area contributed by atoms with E-state index in [1.165, 1.54) is 23.7 Å². The quantitative estimate of drug-likeness (QED) is 0.275. The molecule has 210 valence electrons. The van der Waals surface area contributed by atoms with Crippen LogP contribution in [0.1, 0.15) is 56.9 Å². The molecular formula is C24H18F6N6O4. The molecule has 0 spiro atoms. The van der Waals surface area contributed by atoms with Gasteiger partial charge >= 0.3 is 12.4 Å². The highest BCUT2D eigenvalue weighted by Gasteiger charge is 2.37. The lowest BCUT2D eigenvalue weighted by molar-refractivity contribution is -0.143. The molecule has 2 aromatic heterocycles. The number of imide groups is 1. The van der Waals surface area contributed by atoms with Crippen LogP contribution in [0.15, 0.2) is 42.9 Å². The minimum Gasteiger partial charge on any atom is -0.320 e. The lowest BCUT2D eigenvalue weighted by Gasteiger charge is -2.25. The number of halogens is 6. The van der Waals surface area contributed by atoms with Gasteiger partial charge in [0.25, 0.3) is 5.91 Å². The van der Waals surface area contributed by atoms with Crippen LogP contribution in [0.25, 0.3) is 5.82 Å². The van der Waals surface area contributed by atoms with Gasteiger partial charge in [-0.2, -0.15) is 36.1 Å². The fraction of sp³-hybridized carbons (Fsp3) is 0.292. The average Bonchev–Trinajstić information content (AvgIpc) is 3.37. The predicted octanol–water partition coefficient (Wildman–Crippen LogP) is 3.18. The summed E-state index contributed by atoms with van der Waals surface area (Å²) in [6, 6.07) is 3.39. The Morgan fingerprint density at radius 1 is 0.925 bits per heavy atom. The van der Waals surface area contributed by atoms with E-state index in [-0.39, 0.29) is 36.4 Å². The van der Waals surface area contributed by atoms with E-state index in [0.29, 0.717) is 12.1 Å². The van der Waals surface area contributed by atoms with E-state index in [9.17, 15) is 45.5 Å². The van der Waals surface area contributed by atoms with Crippen molar-refractivity contribution in [3.8, 4) is 5.82 Å². The number of pyridine rings is 1. The molecule has 40 heavy (non-hydrogen) atoms. The first-order chi connectivity index (χ1) is 18.6. The van der Waals surface area contributed by atoms with Crippen LogP contribution < -0.4 is 5.32 Å². The monoisotopic (exact) mass is 568 g/mol. The summed E-state index contributed by atoms with van der Waals surface area (Å²) in [7, 11) is 0. The molecule has 1 saturated heterocycles. The highest BCUT2D eigenvalue weighted by Crippen LogP contribution is 2.37. The second-order valence-electron chi connectivity index (χ2n) is 8.89. The third-order valence-corrected chi connectivity index (χ3v) is 5.86. The van der Waals surface area contributed by atoms with Gasteiger partial charge in [0.05, 0.1) is 16.7 Å². The van der Waals surface area contributed by atoms with Gasteiger partial charge in [-0.25, -0.2) is 9.97 Å². The number of benzene rings is 1. The Morgan fingerprint density at radius 2 is 1.52 bits per heavy atom. The first-order valence-electron chi connectivity index (χ1n) is 11.4. The Bertz CT molecular complexity index is 1430. The number of nitrogens with one attached hydrogen (secondary N) is 1. The first kappa shape index (κ1) is 28.4. The molecule has 0 saturated carbocycles. The third-order valence-electron chi connectivity index (χ3n) is 5.86. The van der Waals surface area contributed by atoms with Crippen molar-refractivity contribution in [2.24, 2.45) is 0 Å². The van der Waals surface area contributed by atoms with Crippen molar-refractivity contribution in [1.29, 1.82) is 0 Å². The highest BCUT2D eigenvalue weighted by molar-refractivity contribution is 6.05. The standard InChI is InChI=1S/C24H18F6N6O4/c1-12(4-17(37)14-5-15(23(25,26)27)7-16(6-14)24(28,29)30)21-32-11-33-36(21)18-3-2-13(8-31-18)22(40)35-9-19(38)34-20(39)10-35/h2-3,5-8,11-12H,4,9-10H2,1H3,(H,34,38,39)/t12-/m1/s1. The molecule has 1 aromatic carbocycles. The number of ketones is 1. The Balaban J connectivity index is 1.53. The number of carbonyl (C=O) groups is 4. The third kappa shape index (κ3) is 6.16. The van der Waals surface area contributed by atoms with E-state index in [1.807, 2.05) is 0 Å². The highest BCUT2D eigenvalue weighted by atomic mass is 19.4. The van der Waals surface area contributed by atoms with Crippen LogP contribution in [0.4, 0.5) is 26.3 Å². The molecule has 10 nitrogen and oxygen atoms in total. The molecule has 1 aliphatic heterocycles. The van der Waals surface area contributed by atoms with Gasteiger partial charge in [-0.05, 0) is 30.3 Å². The number of piperazine rings is 1. The molecule has 1 atom stereocenters. The molecule has 1 N–H and O–H groups in total. The zero-order valence-electron chi connectivity index (χ0n) is 20.4. The summed E-state index contributed by atoms with van der Waals surface area (Å²) in [5.74, 6) is -3.43. The van der Waals surface area contributed by atoms with Gasteiger partial charge in [0.2, 0.25) is 11.8 Å². The second kappa shape index (κ2) is 10.5. The number of carbonyl (C=O) groups excluding carboxylic acids is 4. The SMILES string of the molecule is C[C@H](CC(=O)c1cc(C(F)(F)F)cc(C(F)(F)F)c1)c1ncnn1-c1ccc(C(=O)N2CC(=O)NC(=O)C2)cn1. The first-order valence-corrected chi connectivity index (χ1v) is 11.4. The van der Waals surface area contributed by atoms with Crippen molar-refractivity contribution in [3.05, 3.63) is 70.9 Å². The molecule has 1 aliphatic rings. The van der Waals surface area contributed by atoms with E-state index in [2.05, 4.69) is 20.4 Å². The summed E-state index contributed by atoms with van der Waals surface area (Å²) < 4.78 is 80.3. The predicted molar refractivity (Wildman–Crippen MR) is 122 cm³/mol. The minimum atomic E-state index is -5.10. The van der Waals surface area contributed by atoms with Gasteiger partial charge in [-0.3, -0.25) is 24.5 Å². The van der Waals surface area contributed by atoms with Crippen LogP contribution in [0, 0.1) is 0 Å². The van der Waals surface area contributed by atoms with Crippen molar-refractivity contribution in [3.63, 3.8) is 0 Å². The largest absolute Gasteiger partial charge is 0.416 e. The maximum Gasteiger partial charge on any atom is 0.416 e. The fourth-order valence-corrected chi connectivity index (χ4v) is 3.97. The molecule has 1 fully saturated rings. The van der Waals surface area contributed by atoms with E-state index >= 15 is 0 Å². The van der Waals surface area contributed by atoms with Gasteiger partial charge in [0.15, 0.2) is 11.6 Å². The normalized spacial score (nSPS) is 15.1. The maximum absolute atomic E-state index is 13.2. The zero-order valence-corrected chi connectivity index (χ0v) is 20.4. The molecule has 0 unspecified atom stereocenters. The molecule has 3 heterocycles. The van der Waals surface area contributed by atoms with Crippen LogP contribution >= 0.6 is 0 Å². The van der Waals surface area contributed by atoms with E-state index in [1.54, 1.807) is 0 Å². The summed E-state index contributed by atoms with van der Waals surface area (Å²) in [5.41, 5.74) is -3.91. The summed E-state index contributed by atoms with van der Waals surface area (Å²) in [4.78, 5) is 57.7. The zero-order chi connectivity index (χ0) is 29.4. The molecule has 4 rings (SSSR count). The lowest BCUT2D eigenvalue weighted by atomic mass is 9.95. The number of rotatable bonds is 6. The summed E-state index contributed by atoms with van der Waals surface area (Å²) >= 11 is 0. The Labute approximate surface area is 221 Å². The number of amides is 3. The Morgan fingerprint density at radius 3 is 2.05 bits per heavy atom. The van der Waals surface area contributed by atoms with Crippen molar-refractivity contribution < 1.29 is 45.5 Å². The van der Waals surface area contributed by atoms with E-state index in [4.69, 9.17) is 0 Å². The number of Topliss-reactive ketones (excluding diaryl/α,β-unsaturated/α-hetero) is 1. The van der Waals surface area contributed by atoms with Crippen LogP contribution in [-0.2, 0) is 21.9 Å². The molecule has 0 bridgehead atoms. The number of aromatic nitrogens is 4. The van der Waals surface area contributed by atoms with Crippen molar-refractivity contribution in [2.45, 2.75) is 31.6 Å². The van der Waals surface area contributed by atoms with Gasteiger partial charge in [0.1, 0.15) is 25.2 Å². The smallest absolute Gasteiger partial charge is 0.320 e. The van der Waals surface area contributed by atoms with Gasteiger partial charge < -0.3 is 4.90 Å². The second-order valence-corrected chi connectivity index (χ2v) is 8.89. The average molecular weight is 568 g/mol. The lowest BCUT2D eigenvalue weighted by Crippen LogP contribution is -2.53. The number of alkyl halides is 6. The molecular weight excluding hydrogens is 550 g/mol. The number of nitrogens with zero attached hydrogens (tertiary/aromatic N) is 5. The summed E-state index contributed by atoms with van der Waals surface area (Å²) in [5, 5.41) is 6.08. The van der Waals surface area contributed by atoms with Crippen molar-refractivity contribution >= 4 is 23.5 Å². The van der Waals surface area contributed by atoms with Gasteiger partial charge in [-0.1, -0.05) is 6.92 Å². The van der Waals surface area contributed by atoms with Crippen LogP contribution in [0.5, 0.6) is 0 Å². The fourth-order valence-electron chi connectivity index (χ4n) is 3.97. The summed E-state index contributed by atoms with van der Waals surface area (Å²) in [6.45, 7) is 0.843. The number of hydrogen-bond donors (Lipinski definition) is 1. The molecule has 0 aliphatic carbocycles. The van der Waals surface area contributed by atoms with Crippen LogP contribution in [-0.4, -0.2) is 61.2 Å².